The SMILES string of the molecule is COc1c(CN=C=O)ccc2c1OCCCO2. The molecule has 2 rings (SSSR count). The summed E-state index contributed by atoms with van der Waals surface area (Å²) in [5.74, 6) is 1.82. The van der Waals surface area contributed by atoms with Crippen molar-refractivity contribution < 1.29 is 19.0 Å². The lowest BCUT2D eigenvalue weighted by atomic mass is 10.1. The summed E-state index contributed by atoms with van der Waals surface area (Å²) in [4.78, 5) is 13.7. The predicted molar refractivity (Wildman–Crippen MR) is 60.4 cm³/mol. The summed E-state index contributed by atoms with van der Waals surface area (Å²) in [6.07, 6.45) is 2.34. The Morgan fingerprint density at radius 3 is 3.00 bits per heavy atom. The third kappa shape index (κ3) is 2.40. The van der Waals surface area contributed by atoms with Gasteiger partial charge in [-0.2, -0.15) is 0 Å². The lowest BCUT2D eigenvalue weighted by Crippen LogP contribution is -1.99. The van der Waals surface area contributed by atoms with Crippen LogP contribution in [0.25, 0.3) is 0 Å². The third-order valence-corrected chi connectivity index (χ3v) is 2.47. The first-order chi connectivity index (χ1) is 8.36. The van der Waals surface area contributed by atoms with Crippen molar-refractivity contribution in [1.82, 2.24) is 0 Å². The molecule has 0 saturated heterocycles. The molecule has 0 amide bonds. The number of methoxy groups -OCH3 is 1. The summed E-state index contributed by atoms with van der Waals surface area (Å²) < 4.78 is 16.4. The van der Waals surface area contributed by atoms with E-state index in [0.29, 0.717) is 30.5 Å². The smallest absolute Gasteiger partial charge is 0.235 e. The molecule has 17 heavy (non-hydrogen) atoms. The van der Waals surface area contributed by atoms with Crippen LogP contribution in [0, 0.1) is 0 Å². The molecule has 0 bridgehead atoms. The number of ether oxygens (including phenoxy) is 3. The average molecular weight is 235 g/mol. The average Bonchev–Trinajstić information content (AvgIpc) is 2.60. The second-order valence-electron chi connectivity index (χ2n) is 3.54. The van der Waals surface area contributed by atoms with Crippen LogP contribution in [0.5, 0.6) is 17.2 Å². The molecular formula is C12H13NO4. The highest BCUT2D eigenvalue weighted by Gasteiger charge is 2.18. The van der Waals surface area contributed by atoms with Crippen LogP contribution in [0.1, 0.15) is 12.0 Å². The van der Waals surface area contributed by atoms with Gasteiger partial charge in [0.05, 0.1) is 26.9 Å². The van der Waals surface area contributed by atoms with Crippen LogP contribution in [0.4, 0.5) is 0 Å². The number of isocyanates is 1. The van der Waals surface area contributed by atoms with E-state index in [-0.39, 0.29) is 6.54 Å². The number of fused-ring (bicyclic) bond motifs is 1. The first-order valence-corrected chi connectivity index (χ1v) is 5.36. The maximum atomic E-state index is 10.1. The first-order valence-electron chi connectivity index (χ1n) is 5.36. The zero-order valence-corrected chi connectivity index (χ0v) is 9.56. The maximum Gasteiger partial charge on any atom is 0.235 e. The molecule has 0 aromatic heterocycles. The molecule has 0 atom stereocenters. The Labute approximate surface area is 99.0 Å². The van der Waals surface area contributed by atoms with Gasteiger partial charge in [0.1, 0.15) is 0 Å². The molecular weight excluding hydrogens is 222 g/mol. The van der Waals surface area contributed by atoms with Gasteiger partial charge in [0.15, 0.2) is 11.5 Å². The predicted octanol–water partition coefficient (Wildman–Crippen LogP) is 1.69. The van der Waals surface area contributed by atoms with E-state index < -0.39 is 0 Å². The van der Waals surface area contributed by atoms with Crippen LogP contribution >= 0.6 is 0 Å². The van der Waals surface area contributed by atoms with Gasteiger partial charge in [0, 0.05) is 12.0 Å². The molecule has 0 fully saturated rings. The quantitative estimate of drug-likeness (QED) is 0.591. The highest BCUT2D eigenvalue weighted by Crippen LogP contribution is 2.41. The van der Waals surface area contributed by atoms with Crippen molar-refractivity contribution in [3.63, 3.8) is 0 Å². The molecule has 0 N–H and O–H groups in total. The highest BCUT2D eigenvalue weighted by atomic mass is 16.5. The van der Waals surface area contributed by atoms with Gasteiger partial charge < -0.3 is 14.2 Å². The highest BCUT2D eigenvalue weighted by molar-refractivity contribution is 5.56. The molecule has 0 aliphatic carbocycles. The molecule has 0 unspecified atom stereocenters. The van der Waals surface area contributed by atoms with Crippen molar-refractivity contribution in [2.24, 2.45) is 4.99 Å². The monoisotopic (exact) mass is 235 g/mol. The van der Waals surface area contributed by atoms with E-state index in [0.717, 1.165) is 12.0 Å². The van der Waals surface area contributed by atoms with E-state index in [2.05, 4.69) is 4.99 Å². The molecule has 5 heteroatoms. The van der Waals surface area contributed by atoms with Gasteiger partial charge in [-0.1, -0.05) is 0 Å². The minimum absolute atomic E-state index is 0.226. The third-order valence-electron chi connectivity index (χ3n) is 2.47. The number of hydrogen-bond donors (Lipinski definition) is 0. The van der Waals surface area contributed by atoms with Crippen LogP contribution in [0.2, 0.25) is 0 Å². The Morgan fingerprint density at radius 1 is 1.41 bits per heavy atom. The van der Waals surface area contributed by atoms with E-state index in [1.165, 1.54) is 6.08 Å². The van der Waals surface area contributed by atoms with Gasteiger partial charge in [-0.15, -0.1) is 0 Å². The van der Waals surface area contributed by atoms with Gasteiger partial charge in [-0.25, -0.2) is 9.79 Å². The van der Waals surface area contributed by atoms with Crippen LogP contribution in [-0.2, 0) is 11.3 Å². The van der Waals surface area contributed by atoms with Gasteiger partial charge in [-0.3, -0.25) is 0 Å². The summed E-state index contributed by atoms with van der Waals surface area (Å²) in [6, 6.07) is 3.62. The van der Waals surface area contributed by atoms with Crippen molar-refractivity contribution in [3.05, 3.63) is 17.7 Å². The fourth-order valence-electron chi connectivity index (χ4n) is 1.72. The van der Waals surface area contributed by atoms with Crippen LogP contribution in [-0.4, -0.2) is 26.4 Å². The fraction of sp³-hybridized carbons (Fsp3) is 0.417. The summed E-state index contributed by atoms with van der Waals surface area (Å²) in [7, 11) is 1.55. The van der Waals surface area contributed by atoms with E-state index in [9.17, 15) is 4.79 Å². The molecule has 90 valence electrons. The molecule has 5 nitrogen and oxygen atoms in total. The topological polar surface area (TPSA) is 57.1 Å². The van der Waals surface area contributed by atoms with Gasteiger partial charge in [0.25, 0.3) is 0 Å². The molecule has 0 radical (unpaired) electrons. The Hall–Kier alpha value is -2.00. The molecule has 1 aromatic rings. The first kappa shape index (κ1) is 11.5. The maximum absolute atomic E-state index is 10.1. The minimum Gasteiger partial charge on any atom is -0.492 e. The number of aliphatic imine (C=N–C) groups is 1. The number of benzene rings is 1. The van der Waals surface area contributed by atoms with E-state index in [1.807, 2.05) is 6.07 Å². The van der Waals surface area contributed by atoms with Crippen LogP contribution in [0.15, 0.2) is 17.1 Å². The van der Waals surface area contributed by atoms with Crippen molar-refractivity contribution >= 4 is 6.08 Å². The van der Waals surface area contributed by atoms with Crippen LogP contribution in [0.3, 0.4) is 0 Å². The van der Waals surface area contributed by atoms with Gasteiger partial charge in [-0.05, 0) is 12.1 Å². The number of hydrogen-bond acceptors (Lipinski definition) is 5. The van der Waals surface area contributed by atoms with E-state index >= 15 is 0 Å². The minimum atomic E-state index is 0.226. The molecule has 0 saturated carbocycles. The lowest BCUT2D eigenvalue weighted by Gasteiger charge is -2.14. The van der Waals surface area contributed by atoms with Crippen molar-refractivity contribution in [1.29, 1.82) is 0 Å². The summed E-state index contributed by atoms with van der Waals surface area (Å²) >= 11 is 0. The Bertz CT molecular complexity index is 452. The standard InChI is InChI=1S/C12H13NO4/c1-15-11-9(7-13-8-14)3-4-10-12(11)17-6-2-5-16-10/h3-4H,2,5-7H2,1H3. The Balaban J connectivity index is 2.42. The van der Waals surface area contributed by atoms with Crippen molar-refractivity contribution in [3.8, 4) is 17.2 Å². The zero-order chi connectivity index (χ0) is 12.1. The zero-order valence-electron chi connectivity index (χ0n) is 9.56. The molecule has 1 heterocycles. The second kappa shape index (κ2) is 5.37. The number of nitrogens with zero attached hydrogens (tertiary/aromatic N) is 1. The molecule has 1 aliphatic rings. The Morgan fingerprint density at radius 2 is 2.24 bits per heavy atom. The number of rotatable bonds is 3. The van der Waals surface area contributed by atoms with E-state index in [1.54, 1.807) is 13.2 Å². The summed E-state index contributed by atoms with van der Waals surface area (Å²) in [5.41, 5.74) is 0.778. The largest absolute Gasteiger partial charge is 0.492 e. The van der Waals surface area contributed by atoms with E-state index in [4.69, 9.17) is 14.2 Å². The second-order valence-corrected chi connectivity index (χ2v) is 3.54. The van der Waals surface area contributed by atoms with Gasteiger partial charge >= 0.3 is 0 Å². The Kier molecular flexibility index (Phi) is 3.62. The molecule has 1 aliphatic heterocycles. The van der Waals surface area contributed by atoms with Crippen LogP contribution < -0.4 is 14.2 Å². The summed E-state index contributed by atoms with van der Waals surface area (Å²) in [5, 5.41) is 0. The molecule has 0 spiro atoms. The van der Waals surface area contributed by atoms with Gasteiger partial charge in [0.2, 0.25) is 11.8 Å². The normalized spacial score (nSPS) is 13.5. The number of carbonyl (C=O) groups excluding carboxylic acids is 1. The van der Waals surface area contributed by atoms with Crippen molar-refractivity contribution in [2.45, 2.75) is 13.0 Å². The lowest BCUT2D eigenvalue weighted by molar-refractivity contribution is 0.288. The van der Waals surface area contributed by atoms with Crippen molar-refractivity contribution in [2.75, 3.05) is 20.3 Å². The molecule has 1 aromatic carbocycles. The summed E-state index contributed by atoms with van der Waals surface area (Å²) in [6.45, 7) is 1.44. The fourth-order valence-corrected chi connectivity index (χ4v) is 1.72.